The summed E-state index contributed by atoms with van der Waals surface area (Å²) in [5, 5.41) is 2.88. The fourth-order valence-electron chi connectivity index (χ4n) is 1.79. The van der Waals surface area contributed by atoms with Crippen molar-refractivity contribution < 1.29 is 13.2 Å². The molecule has 0 saturated heterocycles. The van der Waals surface area contributed by atoms with Gasteiger partial charge in [0.05, 0.1) is 6.54 Å². The lowest BCUT2D eigenvalue weighted by atomic mass is 10.1. The highest BCUT2D eigenvalue weighted by atomic mass is 19.4. The van der Waals surface area contributed by atoms with E-state index < -0.39 is 11.9 Å². The highest BCUT2D eigenvalue weighted by Gasteiger charge is 2.36. The predicted molar refractivity (Wildman–Crippen MR) is 68.9 cm³/mol. The molecule has 0 radical (unpaired) electrons. The molecule has 1 aromatic rings. The van der Waals surface area contributed by atoms with E-state index in [0.29, 0.717) is 17.8 Å². The average Bonchev–Trinajstić information content (AvgIpc) is 2.78. The van der Waals surface area contributed by atoms with E-state index in [1.807, 2.05) is 30.3 Å². The number of nitrogens with one attached hydrogen (secondary N) is 1. The highest BCUT2D eigenvalue weighted by molar-refractivity contribution is 6.01. The maximum absolute atomic E-state index is 12.4. The molecule has 5 heteroatoms. The number of halogens is 3. The molecule has 1 aliphatic heterocycles. The Hall–Kier alpha value is -2.04. The second-order valence-electron chi connectivity index (χ2n) is 4.26. The van der Waals surface area contributed by atoms with E-state index in [9.17, 15) is 13.2 Å². The lowest BCUT2D eigenvalue weighted by molar-refractivity contribution is -0.0576. The van der Waals surface area contributed by atoms with Gasteiger partial charge in [-0.2, -0.15) is 13.2 Å². The van der Waals surface area contributed by atoms with E-state index in [4.69, 9.17) is 0 Å². The molecule has 0 bridgehead atoms. The molecule has 0 aliphatic carbocycles. The van der Waals surface area contributed by atoms with Crippen molar-refractivity contribution in [1.29, 1.82) is 0 Å². The molecule has 1 aliphatic rings. The first-order valence-corrected chi connectivity index (χ1v) is 5.76. The summed E-state index contributed by atoms with van der Waals surface area (Å²) in [6.45, 7) is 3.83. The molecule has 0 saturated carbocycles. The SMILES string of the molecule is C=C(Cc1ccccc1)NC1=CC(C(F)(F)F)=NC1. The summed E-state index contributed by atoms with van der Waals surface area (Å²) < 4.78 is 37.2. The van der Waals surface area contributed by atoms with Crippen LogP contribution in [0.15, 0.2) is 59.4 Å². The van der Waals surface area contributed by atoms with Gasteiger partial charge in [-0.15, -0.1) is 0 Å². The van der Waals surface area contributed by atoms with Crippen molar-refractivity contribution in [2.75, 3.05) is 6.54 Å². The van der Waals surface area contributed by atoms with E-state index in [-0.39, 0.29) is 6.54 Å². The van der Waals surface area contributed by atoms with Crippen LogP contribution in [-0.2, 0) is 6.42 Å². The number of benzene rings is 1. The molecular weight excluding hydrogens is 253 g/mol. The van der Waals surface area contributed by atoms with Crippen LogP contribution in [0.5, 0.6) is 0 Å². The monoisotopic (exact) mass is 266 g/mol. The molecule has 2 rings (SSSR count). The maximum Gasteiger partial charge on any atom is 0.432 e. The van der Waals surface area contributed by atoms with Gasteiger partial charge in [0.2, 0.25) is 0 Å². The zero-order valence-electron chi connectivity index (χ0n) is 10.2. The Bertz CT molecular complexity index is 527. The van der Waals surface area contributed by atoms with E-state index in [2.05, 4.69) is 16.9 Å². The molecule has 0 spiro atoms. The number of alkyl halides is 3. The molecule has 0 fully saturated rings. The summed E-state index contributed by atoms with van der Waals surface area (Å²) >= 11 is 0. The minimum absolute atomic E-state index is 0.0165. The Morgan fingerprint density at radius 3 is 2.53 bits per heavy atom. The smallest absolute Gasteiger partial charge is 0.361 e. The lowest BCUT2D eigenvalue weighted by Gasteiger charge is -2.09. The molecular formula is C14H13F3N2. The van der Waals surface area contributed by atoms with Gasteiger partial charge in [0.25, 0.3) is 0 Å². The maximum atomic E-state index is 12.4. The molecule has 1 N–H and O–H groups in total. The molecule has 0 aromatic heterocycles. The topological polar surface area (TPSA) is 24.4 Å². The summed E-state index contributed by atoms with van der Waals surface area (Å²) in [6.07, 6.45) is -2.79. The van der Waals surface area contributed by atoms with Crippen molar-refractivity contribution in [2.45, 2.75) is 12.6 Å². The van der Waals surface area contributed by atoms with Crippen LogP contribution >= 0.6 is 0 Å². The van der Waals surface area contributed by atoms with Crippen molar-refractivity contribution in [3.05, 3.63) is 59.9 Å². The molecule has 1 heterocycles. The minimum Gasteiger partial charge on any atom is -0.361 e. The first kappa shape index (κ1) is 13.4. The summed E-state index contributed by atoms with van der Waals surface area (Å²) in [4.78, 5) is 3.44. The number of hydrogen-bond acceptors (Lipinski definition) is 2. The van der Waals surface area contributed by atoms with Gasteiger partial charge in [-0.25, -0.2) is 0 Å². The fourth-order valence-corrected chi connectivity index (χ4v) is 1.79. The number of aliphatic imine (C=N–C) groups is 1. The Morgan fingerprint density at radius 1 is 1.26 bits per heavy atom. The van der Waals surface area contributed by atoms with Gasteiger partial charge in [-0.3, -0.25) is 4.99 Å². The van der Waals surface area contributed by atoms with Crippen LogP contribution in [0.1, 0.15) is 5.56 Å². The van der Waals surface area contributed by atoms with Gasteiger partial charge in [0, 0.05) is 17.8 Å². The van der Waals surface area contributed by atoms with E-state index in [1.54, 1.807) is 0 Å². The van der Waals surface area contributed by atoms with Crippen molar-refractivity contribution in [3.8, 4) is 0 Å². The van der Waals surface area contributed by atoms with Crippen LogP contribution in [-0.4, -0.2) is 18.4 Å². The largest absolute Gasteiger partial charge is 0.432 e. The average molecular weight is 266 g/mol. The quantitative estimate of drug-likeness (QED) is 0.889. The Kier molecular flexibility index (Phi) is 3.74. The van der Waals surface area contributed by atoms with Crippen LogP contribution in [0.2, 0.25) is 0 Å². The number of hydrogen-bond donors (Lipinski definition) is 1. The van der Waals surface area contributed by atoms with Crippen molar-refractivity contribution in [2.24, 2.45) is 4.99 Å². The molecule has 1 aromatic carbocycles. The predicted octanol–water partition coefficient (Wildman–Crippen LogP) is 3.23. The highest BCUT2D eigenvalue weighted by Crippen LogP contribution is 2.22. The van der Waals surface area contributed by atoms with Gasteiger partial charge in [-0.05, 0) is 11.6 Å². The number of nitrogens with zero attached hydrogens (tertiary/aromatic N) is 1. The first-order valence-electron chi connectivity index (χ1n) is 5.76. The van der Waals surface area contributed by atoms with Gasteiger partial charge in [0.1, 0.15) is 5.71 Å². The van der Waals surface area contributed by atoms with E-state index in [0.717, 1.165) is 11.6 Å². The second-order valence-corrected chi connectivity index (χ2v) is 4.26. The first-order chi connectivity index (χ1) is 8.95. The molecule has 0 unspecified atom stereocenters. The van der Waals surface area contributed by atoms with Crippen molar-refractivity contribution in [1.82, 2.24) is 5.32 Å². The summed E-state index contributed by atoms with van der Waals surface area (Å²) in [5.41, 5.74) is 1.28. The Balaban J connectivity index is 1.92. The van der Waals surface area contributed by atoms with Crippen molar-refractivity contribution >= 4 is 5.71 Å². The van der Waals surface area contributed by atoms with E-state index in [1.165, 1.54) is 0 Å². The molecule has 0 atom stereocenters. The fraction of sp³-hybridized carbons (Fsp3) is 0.214. The zero-order chi connectivity index (χ0) is 13.9. The van der Waals surface area contributed by atoms with Crippen molar-refractivity contribution in [3.63, 3.8) is 0 Å². The minimum atomic E-state index is -4.38. The van der Waals surface area contributed by atoms with Crippen LogP contribution < -0.4 is 5.32 Å². The summed E-state index contributed by atoms with van der Waals surface area (Å²) in [5.74, 6) is 0. The Morgan fingerprint density at radius 2 is 1.95 bits per heavy atom. The number of rotatable bonds is 4. The van der Waals surface area contributed by atoms with Crippen LogP contribution in [0.25, 0.3) is 0 Å². The van der Waals surface area contributed by atoms with Gasteiger partial charge >= 0.3 is 6.18 Å². The summed E-state index contributed by atoms with van der Waals surface area (Å²) in [6, 6.07) is 9.59. The molecule has 0 amide bonds. The summed E-state index contributed by atoms with van der Waals surface area (Å²) in [7, 11) is 0. The Labute approximate surface area is 109 Å². The third kappa shape index (κ3) is 3.71. The van der Waals surface area contributed by atoms with Gasteiger partial charge in [0.15, 0.2) is 0 Å². The van der Waals surface area contributed by atoms with Crippen LogP contribution in [0.3, 0.4) is 0 Å². The van der Waals surface area contributed by atoms with Crippen LogP contribution in [0.4, 0.5) is 13.2 Å². The molecule has 2 nitrogen and oxygen atoms in total. The van der Waals surface area contributed by atoms with E-state index >= 15 is 0 Å². The third-order valence-electron chi connectivity index (χ3n) is 2.62. The standard InChI is InChI=1S/C14H13F3N2/c1-10(7-11-5-3-2-4-6-11)19-12-8-13(18-9-12)14(15,16)17/h2-6,8,19H,1,7,9H2. The molecule has 100 valence electrons. The van der Waals surface area contributed by atoms with Gasteiger partial charge in [-0.1, -0.05) is 36.9 Å². The van der Waals surface area contributed by atoms with Crippen LogP contribution in [0, 0.1) is 0 Å². The van der Waals surface area contributed by atoms with Gasteiger partial charge < -0.3 is 5.32 Å². The number of allylic oxidation sites excluding steroid dienone is 2. The molecule has 19 heavy (non-hydrogen) atoms. The normalized spacial score (nSPS) is 14.9. The second kappa shape index (κ2) is 5.30. The third-order valence-corrected chi connectivity index (χ3v) is 2.62. The lowest BCUT2D eigenvalue weighted by Crippen LogP contribution is -2.20. The zero-order valence-corrected chi connectivity index (χ0v) is 10.2.